The van der Waals surface area contributed by atoms with Crippen molar-refractivity contribution in [1.82, 2.24) is 4.90 Å². The van der Waals surface area contributed by atoms with Crippen LogP contribution < -0.4 is 0 Å². The minimum atomic E-state index is -0.356. The molecule has 156 valence electrons. The molecule has 0 radical (unpaired) electrons. The van der Waals surface area contributed by atoms with E-state index in [1.54, 1.807) is 29.2 Å². The fourth-order valence-corrected chi connectivity index (χ4v) is 4.02. The molecular formula is C25H25BrFNO2. The van der Waals surface area contributed by atoms with E-state index in [0.717, 1.165) is 15.6 Å². The minimum Gasteiger partial charge on any atom is -0.342 e. The Kier molecular flexibility index (Phi) is 7.75. The molecule has 0 bridgehead atoms. The zero-order valence-corrected chi connectivity index (χ0v) is 18.6. The van der Waals surface area contributed by atoms with Crippen LogP contribution in [0.1, 0.15) is 30.9 Å². The standard InChI is InChI=1S/C25H25BrFNO2/c1-18(26)22(19-7-3-2-4-8-19)11-12-24(29)20-13-15-28(16-14-20)25(30)17-21-9-5-6-10-23(21)27/h2-12,20H,13-17H2,1H3/b12-11+,22-18+. The quantitative estimate of drug-likeness (QED) is 0.410. The molecule has 0 unspecified atom stereocenters. The van der Waals surface area contributed by atoms with Gasteiger partial charge in [-0.05, 0) is 53.1 Å². The van der Waals surface area contributed by atoms with E-state index in [1.165, 1.54) is 6.07 Å². The van der Waals surface area contributed by atoms with E-state index in [-0.39, 0.29) is 29.8 Å². The van der Waals surface area contributed by atoms with Crippen LogP contribution in [-0.2, 0) is 16.0 Å². The number of carbonyl (C=O) groups excluding carboxylic acids is 2. The molecule has 5 heteroatoms. The molecule has 30 heavy (non-hydrogen) atoms. The first-order valence-electron chi connectivity index (χ1n) is 10.1. The number of amides is 1. The molecule has 0 aromatic heterocycles. The van der Waals surface area contributed by atoms with Gasteiger partial charge in [0, 0.05) is 19.0 Å². The zero-order chi connectivity index (χ0) is 21.5. The first kappa shape index (κ1) is 22.2. The summed E-state index contributed by atoms with van der Waals surface area (Å²) >= 11 is 3.53. The monoisotopic (exact) mass is 469 g/mol. The van der Waals surface area contributed by atoms with Gasteiger partial charge < -0.3 is 4.90 Å². The number of carbonyl (C=O) groups is 2. The number of ketones is 1. The SMILES string of the molecule is C/C(Br)=C(/C=C/C(=O)C1CCN(C(=O)Cc2ccccc2F)CC1)c1ccccc1. The number of rotatable bonds is 6. The second kappa shape index (κ2) is 10.5. The van der Waals surface area contributed by atoms with Gasteiger partial charge >= 0.3 is 0 Å². The summed E-state index contributed by atoms with van der Waals surface area (Å²) < 4.78 is 14.7. The Morgan fingerprint density at radius 2 is 1.67 bits per heavy atom. The third-order valence-electron chi connectivity index (χ3n) is 5.42. The summed E-state index contributed by atoms with van der Waals surface area (Å²) in [7, 11) is 0. The van der Waals surface area contributed by atoms with Gasteiger partial charge in [0.2, 0.25) is 5.91 Å². The summed E-state index contributed by atoms with van der Waals surface area (Å²) in [6.07, 6.45) is 4.82. The molecular weight excluding hydrogens is 445 g/mol. The van der Waals surface area contributed by atoms with Crippen LogP contribution in [0.5, 0.6) is 0 Å². The summed E-state index contributed by atoms with van der Waals surface area (Å²) in [5, 5.41) is 0. The number of allylic oxidation sites excluding steroid dienone is 4. The van der Waals surface area contributed by atoms with Gasteiger partial charge in [0.15, 0.2) is 5.78 Å². The van der Waals surface area contributed by atoms with Crippen molar-refractivity contribution < 1.29 is 14.0 Å². The third-order valence-corrected chi connectivity index (χ3v) is 5.85. The van der Waals surface area contributed by atoms with Crippen molar-refractivity contribution in [1.29, 1.82) is 0 Å². The molecule has 0 atom stereocenters. The number of nitrogens with zero attached hydrogens (tertiary/aromatic N) is 1. The van der Waals surface area contributed by atoms with E-state index >= 15 is 0 Å². The summed E-state index contributed by atoms with van der Waals surface area (Å²) in [5.41, 5.74) is 2.43. The normalized spacial score (nSPS) is 15.9. The van der Waals surface area contributed by atoms with E-state index in [2.05, 4.69) is 15.9 Å². The molecule has 0 aliphatic carbocycles. The average molecular weight is 470 g/mol. The minimum absolute atomic E-state index is 0.0565. The van der Waals surface area contributed by atoms with Gasteiger partial charge in [0.05, 0.1) is 6.42 Å². The molecule has 1 aliphatic heterocycles. The van der Waals surface area contributed by atoms with Crippen molar-refractivity contribution in [2.75, 3.05) is 13.1 Å². The predicted molar refractivity (Wildman–Crippen MR) is 122 cm³/mol. The Bertz CT molecular complexity index is 956. The zero-order valence-electron chi connectivity index (χ0n) is 17.0. The number of likely N-dealkylation sites (tertiary alicyclic amines) is 1. The largest absolute Gasteiger partial charge is 0.342 e. The molecule has 3 nitrogen and oxygen atoms in total. The highest BCUT2D eigenvalue weighted by Crippen LogP contribution is 2.25. The van der Waals surface area contributed by atoms with E-state index in [0.29, 0.717) is 31.5 Å². The third kappa shape index (κ3) is 5.76. The second-order valence-corrected chi connectivity index (χ2v) is 8.66. The van der Waals surface area contributed by atoms with Crippen LogP contribution in [0, 0.1) is 11.7 Å². The molecule has 1 heterocycles. The summed E-state index contributed by atoms with van der Waals surface area (Å²) in [5.74, 6) is -0.457. The molecule has 1 aliphatic rings. The smallest absolute Gasteiger partial charge is 0.227 e. The topological polar surface area (TPSA) is 37.4 Å². The lowest BCUT2D eigenvalue weighted by molar-refractivity contribution is -0.133. The van der Waals surface area contributed by atoms with Crippen molar-refractivity contribution >= 4 is 33.2 Å². The van der Waals surface area contributed by atoms with Gasteiger partial charge in [-0.3, -0.25) is 9.59 Å². The van der Waals surface area contributed by atoms with Gasteiger partial charge in [0.25, 0.3) is 0 Å². The maximum Gasteiger partial charge on any atom is 0.227 e. The van der Waals surface area contributed by atoms with Crippen LogP contribution in [-0.4, -0.2) is 29.7 Å². The number of halogens is 2. The van der Waals surface area contributed by atoms with Crippen LogP contribution in [0.15, 0.2) is 71.2 Å². The predicted octanol–water partition coefficient (Wildman–Crippen LogP) is 5.56. The van der Waals surface area contributed by atoms with E-state index in [9.17, 15) is 14.0 Å². The molecule has 0 spiro atoms. The fourth-order valence-electron chi connectivity index (χ4n) is 3.66. The maximum absolute atomic E-state index is 13.8. The van der Waals surface area contributed by atoms with Crippen LogP contribution in [0.3, 0.4) is 0 Å². The highest BCUT2D eigenvalue weighted by Gasteiger charge is 2.26. The summed E-state index contributed by atoms with van der Waals surface area (Å²) in [6, 6.07) is 16.3. The van der Waals surface area contributed by atoms with Gasteiger partial charge in [-0.2, -0.15) is 0 Å². The van der Waals surface area contributed by atoms with E-state index < -0.39 is 0 Å². The Balaban J connectivity index is 1.56. The average Bonchev–Trinajstić information content (AvgIpc) is 2.76. The Morgan fingerprint density at radius 1 is 1.03 bits per heavy atom. The van der Waals surface area contributed by atoms with Crippen molar-refractivity contribution in [2.24, 2.45) is 5.92 Å². The van der Waals surface area contributed by atoms with Crippen LogP contribution in [0.4, 0.5) is 4.39 Å². The maximum atomic E-state index is 13.8. The molecule has 2 aromatic carbocycles. The van der Waals surface area contributed by atoms with Gasteiger partial charge in [0.1, 0.15) is 5.82 Å². The van der Waals surface area contributed by atoms with Crippen LogP contribution in [0.2, 0.25) is 0 Å². The molecule has 3 rings (SSSR count). The molecule has 0 saturated carbocycles. The number of hydrogen-bond donors (Lipinski definition) is 0. The van der Waals surface area contributed by atoms with Crippen molar-refractivity contribution in [3.63, 3.8) is 0 Å². The Morgan fingerprint density at radius 3 is 2.30 bits per heavy atom. The second-order valence-electron chi connectivity index (χ2n) is 7.47. The first-order valence-corrected chi connectivity index (χ1v) is 10.9. The lowest BCUT2D eigenvalue weighted by Gasteiger charge is -2.31. The molecule has 0 N–H and O–H groups in total. The van der Waals surface area contributed by atoms with Gasteiger partial charge in [-0.25, -0.2) is 4.39 Å². The molecule has 1 amide bonds. The molecule has 1 saturated heterocycles. The highest BCUT2D eigenvalue weighted by molar-refractivity contribution is 9.11. The van der Waals surface area contributed by atoms with Crippen molar-refractivity contribution in [2.45, 2.75) is 26.2 Å². The lowest BCUT2D eigenvalue weighted by atomic mass is 9.91. The van der Waals surface area contributed by atoms with Gasteiger partial charge in [-0.15, -0.1) is 0 Å². The summed E-state index contributed by atoms with van der Waals surface area (Å²) in [6.45, 7) is 3.00. The number of piperidine rings is 1. The molecule has 2 aromatic rings. The van der Waals surface area contributed by atoms with Crippen LogP contribution in [0.25, 0.3) is 5.57 Å². The lowest BCUT2D eigenvalue weighted by Crippen LogP contribution is -2.40. The van der Waals surface area contributed by atoms with Crippen molar-refractivity contribution in [3.05, 3.63) is 88.2 Å². The van der Waals surface area contributed by atoms with Crippen LogP contribution >= 0.6 is 15.9 Å². The Hall–Kier alpha value is -2.53. The molecule has 1 fully saturated rings. The van der Waals surface area contributed by atoms with Gasteiger partial charge in [-0.1, -0.05) is 70.5 Å². The van der Waals surface area contributed by atoms with E-state index in [1.807, 2.05) is 43.3 Å². The Labute approximate surface area is 185 Å². The van der Waals surface area contributed by atoms with Crippen molar-refractivity contribution in [3.8, 4) is 0 Å². The van der Waals surface area contributed by atoms with E-state index in [4.69, 9.17) is 0 Å². The fraction of sp³-hybridized carbons (Fsp3) is 0.280. The summed E-state index contributed by atoms with van der Waals surface area (Å²) in [4.78, 5) is 26.9. The number of hydrogen-bond acceptors (Lipinski definition) is 2. The first-order chi connectivity index (χ1) is 14.5. The number of benzene rings is 2. The highest BCUT2D eigenvalue weighted by atomic mass is 79.9.